The molecule has 8 nitrogen and oxygen atoms in total. The normalized spacial score (nSPS) is 14.7. The van der Waals surface area contributed by atoms with E-state index in [-0.39, 0.29) is 22.6 Å². The molecule has 0 bridgehead atoms. The summed E-state index contributed by atoms with van der Waals surface area (Å²) in [6, 6.07) is 8.88. The summed E-state index contributed by atoms with van der Waals surface area (Å²) in [6.07, 6.45) is -2.46. The van der Waals surface area contributed by atoms with Gasteiger partial charge in [-0.15, -0.1) is 0 Å². The van der Waals surface area contributed by atoms with E-state index in [1.54, 1.807) is 0 Å². The zero-order valence-corrected chi connectivity index (χ0v) is 20.1. The van der Waals surface area contributed by atoms with E-state index in [9.17, 15) is 34.8 Å². The maximum Gasteiger partial charge on any atom is 0.416 e. The Balaban J connectivity index is 1.53. The fraction of sp³-hybridized carbons (Fsp3) is 0.318. The van der Waals surface area contributed by atoms with E-state index in [2.05, 4.69) is 10.0 Å². The fourth-order valence-electron chi connectivity index (χ4n) is 3.60. The van der Waals surface area contributed by atoms with Gasteiger partial charge in [-0.1, -0.05) is 6.07 Å². The van der Waals surface area contributed by atoms with Gasteiger partial charge in [-0.2, -0.15) is 13.2 Å². The smallest absolute Gasteiger partial charge is 0.348 e. The van der Waals surface area contributed by atoms with Crippen LogP contribution in [-0.2, 0) is 32.8 Å². The highest BCUT2D eigenvalue weighted by atomic mass is 32.2. The Bertz CT molecular complexity index is 1510. The second kappa shape index (κ2) is 8.86. The van der Waals surface area contributed by atoms with E-state index in [4.69, 9.17) is 0 Å². The molecule has 1 aliphatic rings. The summed E-state index contributed by atoms with van der Waals surface area (Å²) < 4.78 is 92.7. The topological polar surface area (TPSA) is 114 Å². The lowest BCUT2D eigenvalue weighted by molar-refractivity contribution is -0.138. The first kappa shape index (κ1) is 25.0. The van der Waals surface area contributed by atoms with E-state index in [1.807, 2.05) is 0 Å². The number of alkyl halides is 3. The van der Waals surface area contributed by atoms with Crippen molar-refractivity contribution in [2.45, 2.75) is 37.7 Å². The molecule has 188 valence electrons. The molecule has 1 fully saturated rings. The van der Waals surface area contributed by atoms with Crippen LogP contribution in [0.2, 0.25) is 0 Å². The molecule has 1 aliphatic carbocycles. The molecule has 0 spiro atoms. The lowest BCUT2D eigenvalue weighted by Gasteiger charge is -2.16. The minimum absolute atomic E-state index is 0.110. The highest BCUT2D eigenvalue weighted by Crippen LogP contribution is 2.35. The van der Waals surface area contributed by atoms with Crippen molar-refractivity contribution in [1.29, 1.82) is 0 Å². The minimum atomic E-state index is -4.77. The van der Waals surface area contributed by atoms with Crippen molar-refractivity contribution in [2.24, 2.45) is 0 Å². The van der Waals surface area contributed by atoms with Gasteiger partial charge in [0.25, 0.3) is 5.91 Å². The summed E-state index contributed by atoms with van der Waals surface area (Å²) in [5.41, 5.74) is -0.970. The van der Waals surface area contributed by atoms with Crippen molar-refractivity contribution >= 4 is 42.5 Å². The number of nitrogens with one attached hydrogen (secondary N) is 2. The molecule has 2 aromatic carbocycles. The number of sulfonamides is 1. The van der Waals surface area contributed by atoms with Crippen molar-refractivity contribution in [3.8, 4) is 0 Å². The van der Waals surface area contributed by atoms with Crippen LogP contribution in [0.5, 0.6) is 0 Å². The largest absolute Gasteiger partial charge is 0.416 e. The third-order valence-corrected chi connectivity index (χ3v) is 9.18. The third kappa shape index (κ3) is 5.30. The van der Waals surface area contributed by atoms with Gasteiger partial charge in [-0.05, 0) is 61.7 Å². The van der Waals surface area contributed by atoms with E-state index in [0.717, 1.165) is 10.0 Å². The van der Waals surface area contributed by atoms with Crippen molar-refractivity contribution < 1.29 is 34.8 Å². The minimum Gasteiger partial charge on any atom is -0.348 e. The molecular formula is C22H22F3N3O5S2. The molecule has 1 saturated carbocycles. The first-order valence-electron chi connectivity index (χ1n) is 10.7. The maximum absolute atomic E-state index is 13.6. The van der Waals surface area contributed by atoms with E-state index in [1.165, 1.54) is 43.5 Å². The average Bonchev–Trinajstić information content (AvgIpc) is 3.57. The Labute approximate surface area is 200 Å². The average molecular weight is 530 g/mol. The van der Waals surface area contributed by atoms with Crippen LogP contribution in [-0.4, -0.2) is 37.7 Å². The van der Waals surface area contributed by atoms with Crippen LogP contribution < -0.4 is 10.0 Å². The second-order valence-corrected chi connectivity index (χ2v) is 12.3. The van der Waals surface area contributed by atoms with Crippen LogP contribution in [0.1, 0.15) is 41.3 Å². The van der Waals surface area contributed by atoms with Gasteiger partial charge in [-0.25, -0.2) is 20.8 Å². The lowest BCUT2D eigenvalue weighted by atomic mass is 10.1. The Kier molecular flexibility index (Phi) is 6.34. The van der Waals surface area contributed by atoms with Gasteiger partial charge in [0.2, 0.25) is 20.0 Å². The molecule has 0 saturated heterocycles. The van der Waals surface area contributed by atoms with Gasteiger partial charge in [0.05, 0.1) is 22.1 Å². The number of benzene rings is 2. The highest BCUT2D eigenvalue weighted by Gasteiger charge is 2.37. The molecule has 3 aromatic rings. The molecule has 35 heavy (non-hydrogen) atoms. The summed E-state index contributed by atoms with van der Waals surface area (Å²) in [4.78, 5) is 12.6. The predicted octanol–water partition coefficient (Wildman–Crippen LogP) is 3.69. The quantitative estimate of drug-likeness (QED) is 0.462. The zero-order valence-electron chi connectivity index (χ0n) is 18.5. The summed E-state index contributed by atoms with van der Waals surface area (Å²) in [5, 5.41) is 2.33. The first-order valence-corrected chi connectivity index (χ1v) is 13.8. The molecule has 1 aromatic heterocycles. The predicted molar refractivity (Wildman–Crippen MR) is 125 cm³/mol. The molecule has 1 amide bonds. The number of fused-ring (bicyclic) bond motifs is 1. The van der Waals surface area contributed by atoms with E-state index < -0.39 is 49.5 Å². The van der Waals surface area contributed by atoms with E-state index in [0.29, 0.717) is 29.8 Å². The summed E-state index contributed by atoms with van der Waals surface area (Å²) in [6.45, 7) is 1.05. The SMILES string of the molecule is CCS(=O)(=O)n1ccc2cc(C(=O)NCc3ccc(NS(=O)(=O)C4CC4)cc3C(F)(F)F)ccc21. The van der Waals surface area contributed by atoms with Crippen LogP contribution in [0.25, 0.3) is 10.9 Å². The van der Waals surface area contributed by atoms with Gasteiger partial charge < -0.3 is 5.32 Å². The van der Waals surface area contributed by atoms with E-state index >= 15 is 0 Å². The van der Waals surface area contributed by atoms with Gasteiger partial charge in [0, 0.05) is 29.4 Å². The standard InChI is InChI=1S/C22H22F3N3O5S2/c1-2-34(30,31)28-10-9-14-11-15(4-8-20(14)28)21(29)26-13-16-3-5-17(12-19(16)22(23,24)25)27-35(32,33)18-6-7-18/h3-5,8-12,18,27H,2,6-7,13H2,1H3,(H,26,29). The van der Waals surface area contributed by atoms with Crippen LogP contribution in [0.3, 0.4) is 0 Å². The number of hydrogen-bond donors (Lipinski definition) is 2. The number of amides is 1. The van der Waals surface area contributed by atoms with Crippen LogP contribution >= 0.6 is 0 Å². The van der Waals surface area contributed by atoms with Crippen molar-refractivity contribution in [2.75, 3.05) is 10.5 Å². The van der Waals surface area contributed by atoms with Gasteiger partial charge >= 0.3 is 6.18 Å². The van der Waals surface area contributed by atoms with Gasteiger partial charge in [0.1, 0.15) is 0 Å². The molecule has 13 heteroatoms. The molecule has 0 aliphatic heterocycles. The lowest BCUT2D eigenvalue weighted by Crippen LogP contribution is -2.25. The Hall–Kier alpha value is -3.06. The number of nitrogens with zero attached hydrogens (tertiary/aromatic N) is 1. The molecule has 4 rings (SSSR count). The summed E-state index contributed by atoms with van der Waals surface area (Å²) in [7, 11) is -7.26. The van der Waals surface area contributed by atoms with Gasteiger partial charge in [0.15, 0.2) is 0 Å². The number of halogens is 3. The number of rotatable bonds is 8. The zero-order chi connectivity index (χ0) is 25.6. The van der Waals surface area contributed by atoms with Crippen molar-refractivity contribution in [3.63, 3.8) is 0 Å². The number of carbonyl (C=O) groups excluding carboxylic acids is 1. The number of hydrogen-bond acceptors (Lipinski definition) is 5. The molecule has 2 N–H and O–H groups in total. The highest BCUT2D eigenvalue weighted by molar-refractivity contribution is 7.93. The molecular weight excluding hydrogens is 507 g/mol. The fourth-order valence-corrected chi connectivity index (χ4v) is 5.97. The van der Waals surface area contributed by atoms with Crippen LogP contribution in [0.15, 0.2) is 48.7 Å². The van der Waals surface area contributed by atoms with Crippen molar-refractivity contribution in [1.82, 2.24) is 9.29 Å². The summed E-state index contributed by atoms with van der Waals surface area (Å²) in [5.74, 6) is -0.758. The molecule has 0 unspecified atom stereocenters. The number of aromatic nitrogens is 1. The Morgan fingerprint density at radius 3 is 2.40 bits per heavy atom. The first-order chi connectivity index (χ1) is 16.3. The van der Waals surface area contributed by atoms with Crippen LogP contribution in [0, 0.1) is 0 Å². The summed E-state index contributed by atoms with van der Waals surface area (Å²) >= 11 is 0. The Morgan fingerprint density at radius 2 is 1.77 bits per heavy atom. The molecule has 0 atom stereocenters. The number of carbonyl (C=O) groups is 1. The van der Waals surface area contributed by atoms with Gasteiger partial charge in [-0.3, -0.25) is 9.52 Å². The number of anilines is 1. The maximum atomic E-state index is 13.6. The monoisotopic (exact) mass is 529 g/mol. The third-order valence-electron chi connectivity index (χ3n) is 5.66. The van der Waals surface area contributed by atoms with Crippen molar-refractivity contribution in [3.05, 3.63) is 65.4 Å². The molecule has 1 heterocycles. The van der Waals surface area contributed by atoms with Crippen LogP contribution in [0.4, 0.5) is 18.9 Å². The second-order valence-electron chi connectivity index (χ2n) is 8.18. The Morgan fingerprint density at radius 1 is 1.06 bits per heavy atom. The molecule has 0 radical (unpaired) electrons.